The molecule has 6 heteroatoms. The number of aliphatic hydroxyl groups is 1. The van der Waals surface area contributed by atoms with E-state index in [9.17, 15) is 5.11 Å². The van der Waals surface area contributed by atoms with Crippen LogP contribution >= 0.6 is 23.2 Å². The lowest BCUT2D eigenvalue weighted by molar-refractivity contribution is -0.0974. The summed E-state index contributed by atoms with van der Waals surface area (Å²) in [5.74, 6) is 5.14. The van der Waals surface area contributed by atoms with Crippen molar-refractivity contribution in [3.05, 3.63) is 66.0 Å². The molecular weight excluding hydrogens is 409 g/mol. The summed E-state index contributed by atoms with van der Waals surface area (Å²) in [5, 5.41) is 12.0. The summed E-state index contributed by atoms with van der Waals surface area (Å²) in [6, 6.07) is 12.9. The Bertz CT molecular complexity index is 799. The van der Waals surface area contributed by atoms with Gasteiger partial charge in [-0.15, -0.1) is 23.2 Å². The normalized spacial score (nSPS) is 14.7. The average Bonchev–Trinajstić information content (AvgIpc) is 2.74. The summed E-state index contributed by atoms with van der Waals surface area (Å²) in [5.41, 5.74) is -0.460. The quantitative estimate of drug-likeness (QED) is 0.340. The van der Waals surface area contributed by atoms with Gasteiger partial charge in [-0.3, -0.25) is 4.98 Å². The van der Waals surface area contributed by atoms with E-state index in [2.05, 4.69) is 16.8 Å². The fourth-order valence-corrected chi connectivity index (χ4v) is 3.71. The van der Waals surface area contributed by atoms with Gasteiger partial charge in [0.2, 0.25) is 6.29 Å². The van der Waals surface area contributed by atoms with Gasteiger partial charge in [-0.2, -0.15) is 0 Å². The van der Waals surface area contributed by atoms with E-state index in [4.69, 9.17) is 32.7 Å². The molecule has 2 aromatic rings. The van der Waals surface area contributed by atoms with Gasteiger partial charge in [0, 0.05) is 31.2 Å². The standard InChI is InChI=1S/C23H27Cl2NO3/c1-4-23(24,25)21(18-11-8-7-9-12-18)22(27,19-13-10-16-26-17-19)15-14-20(28-5-2)29-6-3/h7-13,16-17,20-21,27H,4-6H2,1-3H3. The summed E-state index contributed by atoms with van der Waals surface area (Å²) < 4.78 is 9.76. The summed E-state index contributed by atoms with van der Waals surface area (Å²) in [6.07, 6.45) is 2.83. The predicted octanol–water partition coefficient (Wildman–Crippen LogP) is 5.04. The van der Waals surface area contributed by atoms with E-state index in [1.54, 1.807) is 24.5 Å². The van der Waals surface area contributed by atoms with Gasteiger partial charge >= 0.3 is 0 Å². The maximum atomic E-state index is 12.0. The van der Waals surface area contributed by atoms with Gasteiger partial charge in [-0.25, -0.2) is 0 Å². The van der Waals surface area contributed by atoms with Crippen molar-refractivity contribution in [2.75, 3.05) is 13.2 Å². The van der Waals surface area contributed by atoms with E-state index in [1.807, 2.05) is 51.1 Å². The predicted molar refractivity (Wildman–Crippen MR) is 117 cm³/mol. The molecule has 1 heterocycles. The van der Waals surface area contributed by atoms with Crippen LogP contribution in [0.2, 0.25) is 0 Å². The summed E-state index contributed by atoms with van der Waals surface area (Å²) >= 11 is 13.5. The summed E-state index contributed by atoms with van der Waals surface area (Å²) in [4.78, 5) is 4.16. The van der Waals surface area contributed by atoms with E-state index < -0.39 is 22.1 Å². The van der Waals surface area contributed by atoms with Crippen molar-refractivity contribution in [1.29, 1.82) is 0 Å². The van der Waals surface area contributed by atoms with Crippen LogP contribution in [0.5, 0.6) is 0 Å². The van der Waals surface area contributed by atoms with E-state index in [-0.39, 0.29) is 0 Å². The van der Waals surface area contributed by atoms with Crippen molar-refractivity contribution >= 4 is 23.2 Å². The first-order valence-electron chi connectivity index (χ1n) is 9.70. The molecule has 156 valence electrons. The fourth-order valence-electron chi connectivity index (χ4n) is 3.14. The summed E-state index contributed by atoms with van der Waals surface area (Å²) in [7, 11) is 0. The van der Waals surface area contributed by atoms with Gasteiger partial charge in [-0.1, -0.05) is 49.2 Å². The first-order chi connectivity index (χ1) is 13.9. The molecule has 1 aromatic heterocycles. The average molecular weight is 436 g/mol. The molecule has 29 heavy (non-hydrogen) atoms. The van der Waals surface area contributed by atoms with Crippen LogP contribution in [-0.2, 0) is 15.1 Å². The molecule has 0 radical (unpaired) electrons. The first-order valence-corrected chi connectivity index (χ1v) is 10.5. The highest BCUT2D eigenvalue weighted by molar-refractivity contribution is 6.49. The van der Waals surface area contributed by atoms with Crippen LogP contribution in [-0.4, -0.2) is 33.9 Å². The zero-order valence-corrected chi connectivity index (χ0v) is 18.5. The highest BCUT2D eigenvalue weighted by Gasteiger charge is 2.49. The van der Waals surface area contributed by atoms with Crippen LogP contribution in [0.1, 0.15) is 44.2 Å². The Kier molecular flexibility index (Phi) is 8.95. The van der Waals surface area contributed by atoms with E-state index in [0.717, 1.165) is 5.56 Å². The smallest absolute Gasteiger partial charge is 0.222 e. The van der Waals surface area contributed by atoms with Crippen molar-refractivity contribution in [2.45, 2.75) is 49.3 Å². The Labute approximate surface area is 183 Å². The van der Waals surface area contributed by atoms with Gasteiger partial charge in [0.15, 0.2) is 5.60 Å². The molecule has 0 aliphatic heterocycles. The zero-order chi connectivity index (χ0) is 21.3. The second kappa shape index (κ2) is 11.0. The molecule has 0 aliphatic carbocycles. The molecule has 2 unspecified atom stereocenters. The Morgan fingerprint density at radius 3 is 2.21 bits per heavy atom. The largest absolute Gasteiger partial charge is 0.373 e. The van der Waals surface area contributed by atoms with Crippen molar-refractivity contribution in [1.82, 2.24) is 4.98 Å². The van der Waals surface area contributed by atoms with E-state index in [0.29, 0.717) is 25.2 Å². The van der Waals surface area contributed by atoms with E-state index >= 15 is 0 Å². The third-order valence-electron chi connectivity index (χ3n) is 4.56. The Morgan fingerprint density at radius 2 is 1.69 bits per heavy atom. The lowest BCUT2D eigenvalue weighted by Crippen LogP contribution is -2.42. The number of ether oxygens (including phenoxy) is 2. The van der Waals surface area contributed by atoms with E-state index in [1.165, 1.54) is 0 Å². The Balaban J connectivity index is 2.68. The van der Waals surface area contributed by atoms with Crippen molar-refractivity contribution in [2.24, 2.45) is 0 Å². The lowest BCUT2D eigenvalue weighted by Gasteiger charge is -2.39. The van der Waals surface area contributed by atoms with Crippen LogP contribution in [0.15, 0.2) is 54.9 Å². The van der Waals surface area contributed by atoms with Crippen molar-refractivity contribution in [3.8, 4) is 11.8 Å². The molecule has 0 saturated carbocycles. The number of rotatable bonds is 9. The highest BCUT2D eigenvalue weighted by Crippen LogP contribution is 2.50. The highest BCUT2D eigenvalue weighted by atomic mass is 35.5. The van der Waals surface area contributed by atoms with Crippen LogP contribution in [0.4, 0.5) is 0 Å². The van der Waals surface area contributed by atoms with Crippen LogP contribution in [0.25, 0.3) is 0 Å². The maximum absolute atomic E-state index is 12.0. The number of aromatic nitrogens is 1. The maximum Gasteiger partial charge on any atom is 0.222 e. The molecule has 0 bridgehead atoms. The topological polar surface area (TPSA) is 51.6 Å². The van der Waals surface area contributed by atoms with Crippen LogP contribution < -0.4 is 0 Å². The third-order valence-corrected chi connectivity index (χ3v) is 5.53. The molecule has 1 N–H and O–H groups in total. The number of hydrogen-bond donors (Lipinski definition) is 1. The number of pyridine rings is 1. The number of hydrogen-bond acceptors (Lipinski definition) is 4. The lowest BCUT2D eigenvalue weighted by atomic mass is 9.75. The molecular formula is C23H27Cl2NO3. The minimum Gasteiger partial charge on any atom is -0.373 e. The monoisotopic (exact) mass is 435 g/mol. The molecule has 1 aromatic carbocycles. The summed E-state index contributed by atoms with van der Waals surface area (Å²) in [6.45, 7) is 6.43. The molecule has 2 atom stereocenters. The molecule has 4 nitrogen and oxygen atoms in total. The SMILES string of the molecule is CCOC(C#CC(O)(c1cccnc1)C(c1ccccc1)C(Cl)(Cl)CC)OCC. The number of benzene rings is 1. The van der Waals surface area contributed by atoms with Gasteiger partial charge in [0.1, 0.15) is 4.33 Å². The fraction of sp³-hybridized carbons (Fsp3) is 0.435. The molecule has 0 aliphatic rings. The first kappa shape index (κ1) is 23.7. The molecule has 0 saturated heterocycles. The van der Waals surface area contributed by atoms with Crippen molar-refractivity contribution in [3.63, 3.8) is 0 Å². The van der Waals surface area contributed by atoms with Crippen molar-refractivity contribution < 1.29 is 14.6 Å². The zero-order valence-electron chi connectivity index (χ0n) is 16.9. The van der Waals surface area contributed by atoms with Gasteiger partial charge in [-0.05, 0) is 37.8 Å². The minimum atomic E-state index is -1.72. The van der Waals surface area contributed by atoms with Crippen LogP contribution in [0.3, 0.4) is 0 Å². The molecule has 0 amide bonds. The molecule has 2 rings (SSSR count). The third kappa shape index (κ3) is 5.94. The Hall–Kier alpha value is -1.61. The van der Waals surface area contributed by atoms with Gasteiger partial charge in [0.25, 0.3) is 0 Å². The number of halogens is 2. The minimum absolute atomic E-state index is 0.403. The van der Waals surface area contributed by atoms with Gasteiger partial charge in [0.05, 0.1) is 5.92 Å². The molecule has 0 fully saturated rings. The second-order valence-corrected chi connectivity index (χ2v) is 8.02. The number of nitrogens with zero attached hydrogens (tertiary/aromatic N) is 1. The van der Waals surface area contributed by atoms with Crippen LogP contribution in [0, 0.1) is 11.8 Å². The Morgan fingerprint density at radius 1 is 1.03 bits per heavy atom. The second-order valence-electron chi connectivity index (χ2n) is 6.48. The van der Waals surface area contributed by atoms with Gasteiger partial charge < -0.3 is 14.6 Å². The molecule has 0 spiro atoms. The number of alkyl halides is 2.